The van der Waals surface area contributed by atoms with Gasteiger partial charge in [-0.2, -0.15) is 0 Å². The molecule has 0 radical (unpaired) electrons. The molecule has 10 heteroatoms. The second kappa shape index (κ2) is 10.2. The Balaban J connectivity index is 2.09. The van der Waals surface area contributed by atoms with Crippen molar-refractivity contribution in [3.63, 3.8) is 0 Å². The van der Waals surface area contributed by atoms with E-state index in [4.69, 9.17) is 32.7 Å². The highest BCUT2D eigenvalue weighted by molar-refractivity contribution is 6.42. The summed E-state index contributed by atoms with van der Waals surface area (Å²) in [5.74, 6) is -2.57. The van der Waals surface area contributed by atoms with Gasteiger partial charge in [-0.05, 0) is 43.7 Å². The fourth-order valence-electron chi connectivity index (χ4n) is 3.32. The average molecular weight is 485 g/mol. The number of hydrogen-bond donors (Lipinski definition) is 1. The molecule has 0 fully saturated rings. The smallest absolute Gasteiger partial charge is 0.338 e. The van der Waals surface area contributed by atoms with Crippen LogP contribution in [0.1, 0.15) is 25.5 Å². The van der Waals surface area contributed by atoms with Crippen LogP contribution >= 0.6 is 23.2 Å². The minimum Gasteiger partial charge on any atom is -0.484 e. The number of nitrogens with zero attached hydrogens (tertiary/aromatic N) is 1. The van der Waals surface area contributed by atoms with Gasteiger partial charge in [0.25, 0.3) is 0 Å². The van der Waals surface area contributed by atoms with Gasteiger partial charge in [0.2, 0.25) is 0 Å². The third kappa shape index (κ3) is 4.97. The first-order valence-electron chi connectivity index (χ1n) is 9.77. The van der Waals surface area contributed by atoms with Crippen LogP contribution in [-0.4, -0.2) is 36.7 Å². The quantitative estimate of drug-likeness (QED) is 0.544. The first-order valence-corrected chi connectivity index (χ1v) is 10.5. The maximum atomic E-state index is 14.1. The summed E-state index contributed by atoms with van der Waals surface area (Å²) in [6.45, 7) is 3.32. The van der Waals surface area contributed by atoms with Crippen LogP contribution in [0, 0.1) is 11.6 Å². The highest BCUT2D eigenvalue weighted by atomic mass is 35.5. The van der Waals surface area contributed by atoms with E-state index in [2.05, 4.69) is 5.32 Å². The number of rotatable bonds is 7. The summed E-state index contributed by atoms with van der Waals surface area (Å²) in [7, 11) is 0. The number of benzene rings is 2. The van der Waals surface area contributed by atoms with Gasteiger partial charge in [-0.25, -0.2) is 18.4 Å². The van der Waals surface area contributed by atoms with Crippen LogP contribution in [0.4, 0.5) is 13.6 Å². The molecule has 32 heavy (non-hydrogen) atoms. The lowest BCUT2D eigenvalue weighted by molar-refractivity contribution is -0.139. The average Bonchev–Trinajstić information content (AvgIpc) is 2.74. The van der Waals surface area contributed by atoms with Crippen LogP contribution in [0.3, 0.4) is 0 Å². The lowest BCUT2D eigenvalue weighted by Crippen LogP contribution is -2.49. The number of nitrogens with one attached hydrogen (secondary N) is 1. The van der Waals surface area contributed by atoms with Crippen molar-refractivity contribution in [3.05, 3.63) is 74.9 Å². The Hall–Kier alpha value is -2.84. The molecule has 0 saturated heterocycles. The Morgan fingerprint density at radius 3 is 2.50 bits per heavy atom. The van der Waals surface area contributed by atoms with Gasteiger partial charge >= 0.3 is 12.0 Å². The van der Waals surface area contributed by atoms with E-state index in [1.165, 1.54) is 11.0 Å². The number of carbonyl (C=O) groups excluding carboxylic acids is 2. The Bertz CT molecular complexity index is 1080. The van der Waals surface area contributed by atoms with Crippen LogP contribution < -0.4 is 10.1 Å². The van der Waals surface area contributed by atoms with E-state index in [1.807, 2.05) is 0 Å². The Morgan fingerprint density at radius 1 is 1.12 bits per heavy atom. The Labute approximate surface area is 193 Å². The zero-order chi connectivity index (χ0) is 23.4. The van der Waals surface area contributed by atoms with Gasteiger partial charge in [0.1, 0.15) is 12.4 Å². The van der Waals surface area contributed by atoms with Crippen molar-refractivity contribution < 1.29 is 27.8 Å². The molecule has 2 aromatic carbocycles. The Kier molecular flexibility index (Phi) is 7.58. The second-order valence-electron chi connectivity index (χ2n) is 6.74. The number of halogens is 4. The molecule has 0 saturated carbocycles. The molecular formula is C22H20Cl2F2N2O4. The zero-order valence-electron chi connectivity index (χ0n) is 17.3. The van der Waals surface area contributed by atoms with Crippen LogP contribution in [0.5, 0.6) is 5.75 Å². The molecule has 0 aromatic heterocycles. The predicted molar refractivity (Wildman–Crippen MR) is 116 cm³/mol. The molecule has 1 aliphatic rings. The number of likely N-dealkylation sites (N-methyl/N-ethyl adjacent to an activating group) is 1. The van der Waals surface area contributed by atoms with E-state index in [1.54, 1.807) is 26.0 Å². The van der Waals surface area contributed by atoms with E-state index < -0.39 is 29.7 Å². The molecule has 1 heterocycles. The molecular weight excluding hydrogens is 465 g/mol. The molecule has 170 valence electrons. The molecule has 0 spiro atoms. The topological polar surface area (TPSA) is 67.9 Å². The minimum atomic E-state index is -0.910. The third-order valence-electron chi connectivity index (χ3n) is 4.79. The molecule has 2 amide bonds. The third-order valence-corrected chi connectivity index (χ3v) is 5.52. The number of amides is 2. The molecule has 1 unspecified atom stereocenters. The van der Waals surface area contributed by atoms with E-state index in [0.717, 1.165) is 12.1 Å². The fourth-order valence-corrected chi connectivity index (χ4v) is 3.63. The highest BCUT2D eigenvalue weighted by Crippen LogP contribution is 2.34. The van der Waals surface area contributed by atoms with Gasteiger partial charge in [0.05, 0.1) is 34.0 Å². The maximum absolute atomic E-state index is 14.1. The lowest BCUT2D eigenvalue weighted by Gasteiger charge is -2.36. The summed E-state index contributed by atoms with van der Waals surface area (Å²) < 4.78 is 38.0. The second-order valence-corrected chi connectivity index (χ2v) is 7.56. The minimum absolute atomic E-state index is 0.0945. The van der Waals surface area contributed by atoms with Crippen molar-refractivity contribution in [2.45, 2.75) is 19.9 Å². The fraction of sp³-hybridized carbons (Fsp3) is 0.273. The summed E-state index contributed by atoms with van der Waals surface area (Å²) in [6, 6.07) is 6.16. The van der Waals surface area contributed by atoms with E-state index in [0.29, 0.717) is 16.7 Å². The summed E-state index contributed by atoms with van der Waals surface area (Å²) in [4.78, 5) is 27.0. The van der Waals surface area contributed by atoms with Crippen LogP contribution in [0.25, 0.3) is 0 Å². The normalized spacial score (nSPS) is 16.1. The van der Waals surface area contributed by atoms with Crippen molar-refractivity contribution >= 4 is 35.2 Å². The van der Waals surface area contributed by atoms with Gasteiger partial charge in [-0.1, -0.05) is 29.3 Å². The summed E-state index contributed by atoms with van der Waals surface area (Å²) >= 11 is 12.1. The van der Waals surface area contributed by atoms with Crippen LogP contribution in [0.2, 0.25) is 10.0 Å². The summed E-state index contributed by atoms with van der Waals surface area (Å²) in [5, 5.41) is 3.32. The van der Waals surface area contributed by atoms with Gasteiger partial charge in [0.15, 0.2) is 11.6 Å². The van der Waals surface area contributed by atoms with Crippen molar-refractivity contribution in [2.24, 2.45) is 0 Å². The highest BCUT2D eigenvalue weighted by Gasteiger charge is 2.38. The number of urea groups is 1. The first kappa shape index (κ1) is 23.8. The SMILES string of the molecule is CCOC(=O)C1=C(COc2ccc(F)cc2F)N(CC)C(=O)NC1c1ccc(Cl)c(Cl)c1. The molecule has 2 aromatic rings. The molecule has 0 aliphatic carbocycles. The van der Waals surface area contributed by atoms with E-state index in [9.17, 15) is 18.4 Å². The summed E-state index contributed by atoms with van der Waals surface area (Å²) in [5.41, 5.74) is 0.792. The molecule has 1 atom stereocenters. The molecule has 6 nitrogen and oxygen atoms in total. The van der Waals surface area contributed by atoms with E-state index >= 15 is 0 Å². The lowest BCUT2D eigenvalue weighted by atomic mass is 9.94. The Morgan fingerprint density at radius 2 is 1.88 bits per heavy atom. The number of ether oxygens (including phenoxy) is 2. The van der Waals surface area contributed by atoms with Crippen molar-refractivity contribution in [1.29, 1.82) is 0 Å². The van der Waals surface area contributed by atoms with Crippen molar-refractivity contribution in [2.75, 3.05) is 19.8 Å². The van der Waals surface area contributed by atoms with E-state index in [-0.39, 0.29) is 41.8 Å². The molecule has 0 bridgehead atoms. The van der Waals surface area contributed by atoms with Gasteiger partial charge in [-0.3, -0.25) is 4.90 Å². The van der Waals surface area contributed by atoms with Gasteiger partial charge < -0.3 is 14.8 Å². The molecule has 1 N–H and O–H groups in total. The van der Waals surface area contributed by atoms with Gasteiger partial charge in [0, 0.05) is 12.6 Å². The van der Waals surface area contributed by atoms with Crippen molar-refractivity contribution in [3.8, 4) is 5.75 Å². The predicted octanol–water partition coefficient (Wildman–Crippen LogP) is 5.25. The number of carbonyl (C=O) groups is 2. The zero-order valence-corrected chi connectivity index (χ0v) is 18.8. The first-order chi connectivity index (χ1) is 15.3. The monoisotopic (exact) mass is 484 g/mol. The molecule has 1 aliphatic heterocycles. The summed E-state index contributed by atoms with van der Waals surface area (Å²) in [6.07, 6.45) is 0. The van der Waals surface area contributed by atoms with Crippen LogP contribution in [-0.2, 0) is 9.53 Å². The van der Waals surface area contributed by atoms with Crippen molar-refractivity contribution in [1.82, 2.24) is 10.2 Å². The number of esters is 1. The maximum Gasteiger partial charge on any atom is 0.338 e. The van der Waals surface area contributed by atoms with Crippen LogP contribution in [0.15, 0.2) is 47.7 Å². The molecule has 3 rings (SSSR count). The van der Waals surface area contributed by atoms with Gasteiger partial charge in [-0.15, -0.1) is 0 Å². The largest absolute Gasteiger partial charge is 0.484 e. The number of hydrogen-bond acceptors (Lipinski definition) is 4. The standard InChI is InChI=1S/C22H20Cl2F2N2O4/c1-3-28-17(11-32-18-8-6-13(25)10-16(18)26)19(21(29)31-4-2)20(27-22(28)30)12-5-7-14(23)15(24)9-12/h5-10,20H,3-4,11H2,1-2H3,(H,27,30).